The van der Waals surface area contributed by atoms with E-state index in [-0.39, 0.29) is 5.91 Å². The second-order valence-electron chi connectivity index (χ2n) is 2.94. The van der Waals surface area contributed by atoms with Crippen LogP contribution in [-0.4, -0.2) is 25.7 Å². The lowest BCUT2D eigenvalue weighted by Crippen LogP contribution is -2.25. The van der Waals surface area contributed by atoms with Crippen molar-refractivity contribution in [3.8, 4) is 0 Å². The van der Waals surface area contributed by atoms with Gasteiger partial charge in [-0.15, -0.1) is 0 Å². The molecule has 0 heterocycles. The molecule has 3 nitrogen and oxygen atoms in total. The highest BCUT2D eigenvalue weighted by Crippen LogP contribution is 2.18. The number of nitrogens with one attached hydrogen (secondary N) is 1. The molecule has 0 aromatic rings. The molecular formula is C8H15NO2. The maximum absolute atomic E-state index is 11.0. The summed E-state index contributed by atoms with van der Waals surface area (Å²) in [7, 11) is 1.65. The third-order valence-electron chi connectivity index (χ3n) is 1.69. The molecule has 0 spiro atoms. The van der Waals surface area contributed by atoms with Gasteiger partial charge in [-0.25, -0.2) is 0 Å². The van der Waals surface area contributed by atoms with E-state index in [9.17, 15) is 4.79 Å². The number of rotatable bonds is 5. The molecule has 1 amide bonds. The lowest BCUT2D eigenvalue weighted by molar-refractivity contribution is -0.121. The summed E-state index contributed by atoms with van der Waals surface area (Å²) < 4.78 is 4.83. The van der Waals surface area contributed by atoms with Crippen LogP contribution in [0.3, 0.4) is 0 Å². The Morgan fingerprint density at radius 1 is 1.64 bits per heavy atom. The first-order chi connectivity index (χ1) is 5.33. The number of ether oxygens (including phenoxy) is 1. The van der Waals surface area contributed by atoms with Gasteiger partial charge in [0.2, 0.25) is 5.91 Å². The van der Waals surface area contributed by atoms with Gasteiger partial charge in [-0.05, 0) is 19.3 Å². The van der Waals surface area contributed by atoms with E-state index in [0.717, 1.165) is 19.3 Å². The van der Waals surface area contributed by atoms with Gasteiger partial charge in [0, 0.05) is 26.2 Å². The first kappa shape index (κ1) is 8.53. The Balaban J connectivity index is 1.92. The molecule has 3 heteroatoms. The Morgan fingerprint density at radius 3 is 2.91 bits per heavy atom. The predicted molar refractivity (Wildman–Crippen MR) is 42.3 cm³/mol. The third-order valence-corrected chi connectivity index (χ3v) is 1.69. The van der Waals surface area contributed by atoms with Crippen LogP contribution in [0.4, 0.5) is 0 Å². The molecule has 0 aromatic heterocycles. The summed E-state index contributed by atoms with van der Waals surface area (Å²) in [6.07, 6.45) is 3.76. The maximum atomic E-state index is 11.0. The molecule has 0 aromatic carbocycles. The minimum absolute atomic E-state index is 0.171. The van der Waals surface area contributed by atoms with Gasteiger partial charge in [0.15, 0.2) is 0 Å². The van der Waals surface area contributed by atoms with Crippen molar-refractivity contribution in [2.45, 2.75) is 31.7 Å². The average Bonchev–Trinajstić information content (AvgIpc) is 2.72. The first-order valence-corrected chi connectivity index (χ1v) is 4.11. The molecule has 1 saturated carbocycles. The summed E-state index contributed by atoms with van der Waals surface area (Å²) >= 11 is 0. The molecule has 1 aliphatic carbocycles. The first-order valence-electron chi connectivity index (χ1n) is 4.11. The summed E-state index contributed by atoms with van der Waals surface area (Å²) in [5.74, 6) is 0.171. The fourth-order valence-electron chi connectivity index (χ4n) is 0.905. The second-order valence-corrected chi connectivity index (χ2v) is 2.94. The van der Waals surface area contributed by atoms with Gasteiger partial charge in [0.1, 0.15) is 0 Å². The van der Waals surface area contributed by atoms with Crippen LogP contribution >= 0.6 is 0 Å². The lowest BCUT2D eigenvalue weighted by Gasteiger charge is -2.01. The molecule has 0 radical (unpaired) electrons. The quantitative estimate of drug-likeness (QED) is 0.596. The maximum Gasteiger partial charge on any atom is 0.220 e. The van der Waals surface area contributed by atoms with Crippen LogP contribution in [0.2, 0.25) is 0 Å². The topological polar surface area (TPSA) is 38.3 Å². The van der Waals surface area contributed by atoms with Gasteiger partial charge >= 0.3 is 0 Å². The molecule has 0 aliphatic heterocycles. The normalized spacial score (nSPS) is 16.5. The van der Waals surface area contributed by atoms with E-state index >= 15 is 0 Å². The minimum Gasteiger partial charge on any atom is -0.385 e. The minimum atomic E-state index is 0.171. The van der Waals surface area contributed by atoms with Crippen molar-refractivity contribution in [2.24, 2.45) is 0 Å². The van der Waals surface area contributed by atoms with Crippen molar-refractivity contribution < 1.29 is 9.53 Å². The molecule has 1 fully saturated rings. The highest BCUT2D eigenvalue weighted by atomic mass is 16.5. The van der Waals surface area contributed by atoms with Gasteiger partial charge in [-0.1, -0.05) is 0 Å². The van der Waals surface area contributed by atoms with Crippen LogP contribution in [0.25, 0.3) is 0 Å². The fraction of sp³-hybridized carbons (Fsp3) is 0.875. The predicted octanol–water partition coefficient (Wildman–Crippen LogP) is 0.692. The smallest absolute Gasteiger partial charge is 0.220 e. The summed E-state index contributed by atoms with van der Waals surface area (Å²) in [5.41, 5.74) is 0. The Morgan fingerprint density at radius 2 is 2.36 bits per heavy atom. The number of carbonyl (C=O) groups excluding carboxylic acids is 1. The summed E-state index contributed by atoms with van der Waals surface area (Å²) in [4.78, 5) is 11.0. The van der Waals surface area contributed by atoms with Gasteiger partial charge in [-0.2, -0.15) is 0 Å². The van der Waals surface area contributed by atoms with Crippen molar-refractivity contribution in [2.75, 3.05) is 13.7 Å². The Kier molecular flexibility index (Phi) is 3.36. The molecule has 64 valence electrons. The Hall–Kier alpha value is -0.570. The van der Waals surface area contributed by atoms with Crippen LogP contribution in [0, 0.1) is 0 Å². The van der Waals surface area contributed by atoms with Crippen molar-refractivity contribution in [1.82, 2.24) is 5.32 Å². The van der Waals surface area contributed by atoms with E-state index < -0.39 is 0 Å². The highest BCUT2D eigenvalue weighted by Gasteiger charge is 2.22. The number of hydrogen-bond donors (Lipinski definition) is 1. The molecule has 0 unspecified atom stereocenters. The van der Waals surface area contributed by atoms with Gasteiger partial charge in [0.05, 0.1) is 0 Å². The monoisotopic (exact) mass is 157 g/mol. The third kappa shape index (κ3) is 3.98. The number of amides is 1. The zero-order chi connectivity index (χ0) is 8.10. The number of methoxy groups -OCH3 is 1. The zero-order valence-electron chi connectivity index (χ0n) is 6.93. The summed E-state index contributed by atoms with van der Waals surface area (Å²) in [6, 6.07) is 0.491. The van der Waals surface area contributed by atoms with Crippen LogP contribution in [0.15, 0.2) is 0 Å². The van der Waals surface area contributed by atoms with Crippen molar-refractivity contribution in [3.63, 3.8) is 0 Å². The molecule has 1 rings (SSSR count). The molecular weight excluding hydrogens is 142 g/mol. The Labute approximate surface area is 67.1 Å². The van der Waals surface area contributed by atoms with Crippen LogP contribution < -0.4 is 5.32 Å². The van der Waals surface area contributed by atoms with Crippen LogP contribution in [-0.2, 0) is 9.53 Å². The average molecular weight is 157 g/mol. The molecule has 1 aliphatic rings. The fourth-order valence-corrected chi connectivity index (χ4v) is 0.905. The van der Waals surface area contributed by atoms with E-state index in [1.54, 1.807) is 7.11 Å². The van der Waals surface area contributed by atoms with E-state index in [2.05, 4.69) is 5.32 Å². The molecule has 0 saturated heterocycles. The number of hydrogen-bond acceptors (Lipinski definition) is 2. The molecule has 11 heavy (non-hydrogen) atoms. The lowest BCUT2D eigenvalue weighted by atomic mass is 10.3. The highest BCUT2D eigenvalue weighted by molar-refractivity contribution is 5.76. The van der Waals surface area contributed by atoms with Crippen molar-refractivity contribution in [1.29, 1.82) is 0 Å². The Bertz CT molecular complexity index is 132. The van der Waals surface area contributed by atoms with E-state index in [1.807, 2.05) is 0 Å². The standard InChI is InChI=1S/C8H15NO2/c1-11-6-2-3-8(10)9-7-4-5-7/h7H,2-6H2,1H3,(H,9,10). The van der Waals surface area contributed by atoms with E-state index in [4.69, 9.17) is 4.74 Å². The van der Waals surface area contributed by atoms with Gasteiger partial charge < -0.3 is 10.1 Å². The van der Waals surface area contributed by atoms with Gasteiger partial charge in [0.25, 0.3) is 0 Å². The summed E-state index contributed by atoms with van der Waals surface area (Å²) in [5, 5.41) is 2.92. The second kappa shape index (κ2) is 4.34. The largest absolute Gasteiger partial charge is 0.385 e. The van der Waals surface area contributed by atoms with Crippen molar-refractivity contribution in [3.05, 3.63) is 0 Å². The summed E-state index contributed by atoms with van der Waals surface area (Å²) in [6.45, 7) is 0.679. The zero-order valence-corrected chi connectivity index (χ0v) is 6.93. The molecule has 0 bridgehead atoms. The van der Waals surface area contributed by atoms with Crippen LogP contribution in [0.1, 0.15) is 25.7 Å². The van der Waals surface area contributed by atoms with Crippen molar-refractivity contribution >= 4 is 5.91 Å². The number of carbonyl (C=O) groups is 1. The SMILES string of the molecule is COCCCC(=O)NC1CC1. The molecule has 1 N–H and O–H groups in total. The van der Waals surface area contributed by atoms with E-state index in [1.165, 1.54) is 0 Å². The van der Waals surface area contributed by atoms with Crippen LogP contribution in [0.5, 0.6) is 0 Å². The van der Waals surface area contributed by atoms with Gasteiger partial charge in [-0.3, -0.25) is 4.79 Å². The van der Waals surface area contributed by atoms with E-state index in [0.29, 0.717) is 19.1 Å². The molecule has 0 atom stereocenters.